The van der Waals surface area contributed by atoms with Crippen molar-refractivity contribution in [1.82, 2.24) is 10.6 Å². The van der Waals surface area contributed by atoms with Crippen molar-refractivity contribution < 1.29 is 8.78 Å². The summed E-state index contributed by atoms with van der Waals surface area (Å²) in [4.78, 5) is 5.65. The molecule has 7 heteroatoms. The first-order valence-electron chi connectivity index (χ1n) is 8.15. The van der Waals surface area contributed by atoms with Gasteiger partial charge in [0.25, 0.3) is 0 Å². The first-order chi connectivity index (χ1) is 11.6. The third-order valence-corrected chi connectivity index (χ3v) is 5.18. The second-order valence-electron chi connectivity index (χ2n) is 5.93. The molecule has 1 aliphatic rings. The summed E-state index contributed by atoms with van der Waals surface area (Å²) in [6, 6.07) is 8.24. The number of hydrogen-bond acceptors (Lipinski definition) is 2. The second kappa shape index (κ2) is 8.93. The lowest BCUT2D eigenvalue weighted by atomic mass is 10.1. The molecule has 1 saturated carbocycles. The van der Waals surface area contributed by atoms with Crippen LogP contribution in [-0.4, -0.2) is 18.5 Å². The van der Waals surface area contributed by atoms with Crippen molar-refractivity contribution in [2.75, 3.05) is 6.54 Å². The molecule has 1 aromatic carbocycles. The lowest BCUT2D eigenvalue weighted by Crippen LogP contribution is -2.40. The van der Waals surface area contributed by atoms with Gasteiger partial charge in [-0.15, -0.1) is 35.3 Å². The van der Waals surface area contributed by atoms with Gasteiger partial charge in [-0.2, -0.15) is 0 Å². The van der Waals surface area contributed by atoms with Gasteiger partial charge in [0.05, 0.1) is 6.04 Å². The molecule has 0 bridgehead atoms. The van der Waals surface area contributed by atoms with E-state index in [1.54, 1.807) is 11.3 Å². The molecule has 3 unspecified atom stereocenters. The molecule has 136 valence electrons. The molecule has 0 radical (unpaired) electrons. The fourth-order valence-electron chi connectivity index (χ4n) is 2.82. The standard InChI is InChI=1S/C18H21F2N3S.HI/c1-3-21-18(22-11(2)16-8-5-9-24-16)23-15-10-12(15)17-13(19)6-4-7-14(17)20;/h4-9,11-12,15H,3,10H2,1-2H3,(H2,21,22,23);1H. The van der Waals surface area contributed by atoms with Gasteiger partial charge in [0.15, 0.2) is 5.96 Å². The van der Waals surface area contributed by atoms with E-state index >= 15 is 0 Å². The Morgan fingerprint density at radius 3 is 2.60 bits per heavy atom. The van der Waals surface area contributed by atoms with Gasteiger partial charge in [0.1, 0.15) is 11.6 Å². The first-order valence-corrected chi connectivity index (χ1v) is 9.03. The van der Waals surface area contributed by atoms with Crippen molar-refractivity contribution in [3.8, 4) is 0 Å². The van der Waals surface area contributed by atoms with Crippen molar-refractivity contribution in [3.05, 3.63) is 57.8 Å². The third kappa shape index (κ3) is 4.91. The van der Waals surface area contributed by atoms with Crippen LogP contribution < -0.4 is 10.6 Å². The van der Waals surface area contributed by atoms with Crippen LogP contribution in [0.2, 0.25) is 0 Å². The average Bonchev–Trinajstić information content (AvgIpc) is 3.07. The highest BCUT2D eigenvalue weighted by Crippen LogP contribution is 2.43. The zero-order valence-corrected chi connectivity index (χ0v) is 17.3. The number of aliphatic imine (C=N–C) groups is 1. The molecule has 0 amide bonds. The molecule has 2 aromatic rings. The van der Waals surface area contributed by atoms with E-state index in [9.17, 15) is 8.78 Å². The van der Waals surface area contributed by atoms with E-state index in [2.05, 4.69) is 28.6 Å². The fourth-order valence-corrected chi connectivity index (χ4v) is 3.55. The summed E-state index contributed by atoms with van der Waals surface area (Å²) < 4.78 is 27.8. The molecular weight excluding hydrogens is 455 g/mol. The summed E-state index contributed by atoms with van der Waals surface area (Å²) in [5, 5.41) is 8.69. The molecule has 25 heavy (non-hydrogen) atoms. The Balaban J connectivity index is 0.00000225. The summed E-state index contributed by atoms with van der Waals surface area (Å²) in [5.41, 5.74) is 0.178. The van der Waals surface area contributed by atoms with Crippen LogP contribution in [0.5, 0.6) is 0 Å². The quantitative estimate of drug-likeness (QED) is 0.368. The van der Waals surface area contributed by atoms with E-state index in [1.807, 2.05) is 18.4 Å². The predicted molar refractivity (Wildman–Crippen MR) is 110 cm³/mol. The molecule has 0 spiro atoms. The van der Waals surface area contributed by atoms with Crippen LogP contribution in [-0.2, 0) is 0 Å². The molecule has 3 atom stereocenters. The van der Waals surface area contributed by atoms with Crippen molar-refractivity contribution in [1.29, 1.82) is 0 Å². The van der Waals surface area contributed by atoms with Gasteiger partial charge in [0.2, 0.25) is 0 Å². The third-order valence-electron chi connectivity index (χ3n) is 4.12. The maximum Gasteiger partial charge on any atom is 0.191 e. The van der Waals surface area contributed by atoms with Gasteiger partial charge in [0, 0.05) is 28.9 Å². The van der Waals surface area contributed by atoms with E-state index in [4.69, 9.17) is 0 Å². The van der Waals surface area contributed by atoms with E-state index in [0.29, 0.717) is 18.9 Å². The summed E-state index contributed by atoms with van der Waals surface area (Å²) in [7, 11) is 0. The minimum Gasteiger partial charge on any atom is -0.353 e. The Morgan fingerprint density at radius 1 is 1.28 bits per heavy atom. The van der Waals surface area contributed by atoms with Crippen LogP contribution in [0.25, 0.3) is 0 Å². The zero-order valence-electron chi connectivity index (χ0n) is 14.1. The molecule has 2 N–H and O–H groups in total. The Labute approximate surface area is 168 Å². The van der Waals surface area contributed by atoms with Crippen molar-refractivity contribution in [3.63, 3.8) is 0 Å². The monoisotopic (exact) mass is 477 g/mol. The van der Waals surface area contributed by atoms with Crippen molar-refractivity contribution in [2.45, 2.75) is 38.3 Å². The van der Waals surface area contributed by atoms with Gasteiger partial charge >= 0.3 is 0 Å². The number of nitrogens with zero attached hydrogens (tertiary/aromatic N) is 1. The van der Waals surface area contributed by atoms with Crippen LogP contribution in [0.15, 0.2) is 40.7 Å². The number of nitrogens with one attached hydrogen (secondary N) is 2. The van der Waals surface area contributed by atoms with Gasteiger partial charge in [-0.1, -0.05) is 12.1 Å². The van der Waals surface area contributed by atoms with Gasteiger partial charge in [-0.3, -0.25) is 4.99 Å². The second-order valence-corrected chi connectivity index (χ2v) is 6.91. The van der Waals surface area contributed by atoms with Gasteiger partial charge in [-0.25, -0.2) is 8.78 Å². The molecule has 1 fully saturated rings. The van der Waals surface area contributed by atoms with Gasteiger partial charge < -0.3 is 10.6 Å². The maximum atomic E-state index is 13.9. The Hall–Kier alpha value is -1.22. The highest BCUT2D eigenvalue weighted by atomic mass is 127. The molecular formula is C18H22F2IN3S. The van der Waals surface area contributed by atoms with E-state index < -0.39 is 11.6 Å². The SMILES string of the molecule is CCN=C(NC(C)c1cccs1)NC1CC1c1c(F)cccc1F.I. The zero-order chi connectivity index (χ0) is 17.1. The first kappa shape index (κ1) is 20.1. The number of rotatable bonds is 5. The van der Waals surface area contributed by atoms with E-state index in [-0.39, 0.29) is 47.5 Å². The molecule has 0 aliphatic heterocycles. The topological polar surface area (TPSA) is 36.4 Å². The van der Waals surface area contributed by atoms with E-state index in [1.165, 1.54) is 23.1 Å². The Morgan fingerprint density at radius 2 is 2.00 bits per heavy atom. The van der Waals surface area contributed by atoms with E-state index in [0.717, 1.165) is 0 Å². The largest absolute Gasteiger partial charge is 0.353 e. The normalized spacial score (nSPS) is 20.6. The average molecular weight is 477 g/mol. The fraction of sp³-hybridized carbons (Fsp3) is 0.389. The highest BCUT2D eigenvalue weighted by Gasteiger charge is 2.42. The lowest BCUT2D eigenvalue weighted by Gasteiger charge is -2.17. The summed E-state index contributed by atoms with van der Waals surface area (Å²) in [5.74, 6) is -0.411. The predicted octanol–water partition coefficient (Wildman–Crippen LogP) is 4.82. The highest BCUT2D eigenvalue weighted by molar-refractivity contribution is 14.0. The summed E-state index contributed by atoms with van der Waals surface area (Å²) in [6.45, 7) is 4.66. The van der Waals surface area contributed by atoms with Crippen molar-refractivity contribution in [2.24, 2.45) is 4.99 Å². The maximum absolute atomic E-state index is 13.9. The summed E-state index contributed by atoms with van der Waals surface area (Å²) >= 11 is 1.68. The molecule has 3 nitrogen and oxygen atoms in total. The van der Waals surface area contributed by atoms with Crippen LogP contribution in [0.1, 0.15) is 42.7 Å². The lowest BCUT2D eigenvalue weighted by molar-refractivity contribution is 0.553. The van der Waals surface area contributed by atoms with Crippen LogP contribution in [0.4, 0.5) is 8.78 Å². The number of thiophene rings is 1. The number of guanidine groups is 1. The van der Waals surface area contributed by atoms with Crippen molar-refractivity contribution >= 4 is 41.3 Å². The number of benzene rings is 1. The minimum absolute atomic E-state index is 0. The van der Waals surface area contributed by atoms with Crippen LogP contribution in [0, 0.1) is 11.6 Å². The molecule has 1 heterocycles. The molecule has 1 aliphatic carbocycles. The smallest absolute Gasteiger partial charge is 0.191 e. The Kier molecular flexibility index (Phi) is 7.18. The van der Waals surface area contributed by atoms with Crippen LogP contribution >= 0.6 is 35.3 Å². The van der Waals surface area contributed by atoms with Gasteiger partial charge in [-0.05, 0) is 43.8 Å². The van der Waals surface area contributed by atoms with Crippen LogP contribution in [0.3, 0.4) is 0 Å². The Bertz CT molecular complexity index is 701. The number of hydrogen-bond donors (Lipinski definition) is 2. The molecule has 3 rings (SSSR count). The molecule has 1 aromatic heterocycles. The summed E-state index contributed by atoms with van der Waals surface area (Å²) in [6.07, 6.45) is 0.704. The molecule has 0 saturated heterocycles. The minimum atomic E-state index is -0.474. The number of halogens is 3.